The first kappa shape index (κ1) is 19.2. The lowest BCUT2D eigenvalue weighted by molar-refractivity contribution is 0.120. The predicted molar refractivity (Wildman–Crippen MR) is 102 cm³/mol. The van der Waals surface area contributed by atoms with E-state index in [2.05, 4.69) is 16.1 Å². The van der Waals surface area contributed by atoms with Gasteiger partial charge in [-0.25, -0.2) is 14.5 Å². The van der Waals surface area contributed by atoms with E-state index in [1.165, 1.54) is 11.3 Å². The lowest BCUT2D eigenvalue weighted by Crippen LogP contribution is -2.12. The first-order valence-electron chi connectivity index (χ1n) is 7.83. The maximum atomic E-state index is 10.7. The highest BCUT2D eigenvalue weighted by Crippen LogP contribution is 2.37. The van der Waals surface area contributed by atoms with Crippen molar-refractivity contribution in [3.05, 3.63) is 41.8 Å². The van der Waals surface area contributed by atoms with E-state index in [9.17, 15) is 4.79 Å². The largest absolute Gasteiger partial charge is 0.497 e. The summed E-state index contributed by atoms with van der Waals surface area (Å²) in [4.78, 5) is 15.9. The maximum absolute atomic E-state index is 10.7. The topological polar surface area (TPSA) is 101 Å². The maximum Gasteiger partial charge on any atom is 0.404 e. The fourth-order valence-corrected chi connectivity index (χ4v) is 4.29. The highest BCUT2D eigenvalue weighted by molar-refractivity contribution is 8.01. The minimum absolute atomic E-state index is 0.0720. The molecule has 3 aromatic rings. The number of thiazole rings is 1. The molecule has 0 fully saturated rings. The molecule has 0 unspecified atom stereocenters. The number of nitrogens with two attached hydrogens (primary N) is 1. The van der Waals surface area contributed by atoms with Gasteiger partial charge in [0.25, 0.3) is 0 Å². The van der Waals surface area contributed by atoms with Crippen LogP contribution in [0.25, 0.3) is 11.1 Å². The summed E-state index contributed by atoms with van der Waals surface area (Å²) in [6.45, 7) is 0.463. The van der Waals surface area contributed by atoms with Crippen LogP contribution in [0.5, 0.6) is 5.75 Å². The SMILES string of the molecule is COCn1cc(-c2cc(OC)cc(Sc3cnc(COC(N)=O)s3)c2)cn1. The summed E-state index contributed by atoms with van der Waals surface area (Å²) in [5, 5.41) is 4.95. The molecule has 2 aromatic heterocycles. The van der Waals surface area contributed by atoms with Gasteiger partial charge in [0, 0.05) is 23.8 Å². The zero-order chi connectivity index (χ0) is 19.2. The molecule has 27 heavy (non-hydrogen) atoms. The zero-order valence-corrected chi connectivity index (χ0v) is 16.4. The van der Waals surface area contributed by atoms with Crippen molar-refractivity contribution >= 4 is 29.2 Å². The van der Waals surface area contributed by atoms with E-state index >= 15 is 0 Å². The normalized spacial score (nSPS) is 10.7. The Bertz CT molecular complexity index is 925. The quantitative estimate of drug-likeness (QED) is 0.612. The zero-order valence-electron chi connectivity index (χ0n) is 14.7. The summed E-state index contributed by atoms with van der Waals surface area (Å²) < 4.78 is 18.0. The average molecular weight is 406 g/mol. The molecule has 0 saturated heterocycles. The number of aromatic nitrogens is 3. The Balaban J connectivity index is 1.79. The van der Waals surface area contributed by atoms with Crippen molar-refractivity contribution in [3.63, 3.8) is 0 Å². The Morgan fingerprint density at radius 1 is 1.26 bits per heavy atom. The molecule has 1 aromatic carbocycles. The van der Waals surface area contributed by atoms with Crippen LogP contribution < -0.4 is 10.5 Å². The third kappa shape index (κ3) is 5.22. The van der Waals surface area contributed by atoms with E-state index < -0.39 is 6.09 Å². The summed E-state index contributed by atoms with van der Waals surface area (Å²) in [7, 11) is 3.26. The number of hydrogen-bond acceptors (Lipinski definition) is 8. The fraction of sp³-hybridized carbons (Fsp3) is 0.235. The fourth-order valence-electron chi connectivity index (χ4n) is 2.29. The van der Waals surface area contributed by atoms with Crippen molar-refractivity contribution in [3.8, 4) is 16.9 Å². The lowest BCUT2D eigenvalue weighted by atomic mass is 10.1. The molecule has 0 bridgehead atoms. The molecule has 0 aliphatic carbocycles. The van der Waals surface area contributed by atoms with E-state index in [-0.39, 0.29) is 6.61 Å². The van der Waals surface area contributed by atoms with E-state index in [0.29, 0.717) is 11.7 Å². The number of benzene rings is 1. The summed E-state index contributed by atoms with van der Waals surface area (Å²) in [6.07, 6.45) is 4.63. The van der Waals surface area contributed by atoms with Gasteiger partial charge in [-0.1, -0.05) is 11.8 Å². The van der Waals surface area contributed by atoms with Crippen molar-refractivity contribution in [1.29, 1.82) is 0 Å². The third-order valence-electron chi connectivity index (χ3n) is 3.43. The molecule has 10 heteroatoms. The van der Waals surface area contributed by atoms with Gasteiger partial charge >= 0.3 is 6.09 Å². The van der Waals surface area contributed by atoms with Gasteiger partial charge in [-0.3, -0.25) is 0 Å². The van der Waals surface area contributed by atoms with Crippen LogP contribution in [0.4, 0.5) is 4.79 Å². The van der Waals surface area contributed by atoms with Crippen molar-refractivity contribution in [2.24, 2.45) is 5.73 Å². The molecule has 8 nitrogen and oxygen atoms in total. The van der Waals surface area contributed by atoms with Gasteiger partial charge in [-0.15, -0.1) is 11.3 Å². The van der Waals surface area contributed by atoms with Crippen LogP contribution in [-0.2, 0) is 22.8 Å². The second-order valence-electron chi connectivity index (χ2n) is 5.37. The molecule has 0 saturated carbocycles. The Labute approximate surface area is 164 Å². The van der Waals surface area contributed by atoms with Crippen LogP contribution in [0.3, 0.4) is 0 Å². The Hall–Kier alpha value is -2.56. The highest BCUT2D eigenvalue weighted by atomic mass is 32.2. The van der Waals surface area contributed by atoms with Crippen molar-refractivity contribution in [2.75, 3.05) is 14.2 Å². The smallest absolute Gasteiger partial charge is 0.404 e. The van der Waals surface area contributed by atoms with Crippen LogP contribution in [0.1, 0.15) is 5.01 Å². The van der Waals surface area contributed by atoms with Crippen LogP contribution in [0, 0.1) is 0 Å². The van der Waals surface area contributed by atoms with E-state index in [1.807, 2.05) is 18.3 Å². The van der Waals surface area contributed by atoms with E-state index in [0.717, 1.165) is 26.0 Å². The Morgan fingerprint density at radius 2 is 2.11 bits per heavy atom. The molecule has 0 spiro atoms. The predicted octanol–water partition coefficient (Wildman–Crippen LogP) is 3.37. The summed E-state index contributed by atoms with van der Waals surface area (Å²) in [6, 6.07) is 5.96. The number of hydrogen-bond donors (Lipinski definition) is 1. The van der Waals surface area contributed by atoms with Crippen molar-refractivity contribution < 1.29 is 19.0 Å². The number of carbonyl (C=O) groups is 1. The Morgan fingerprint density at radius 3 is 2.85 bits per heavy atom. The molecule has 2 N–H and O–H groups in total. The van der Waals surface area contributed by atoms with Crippen LogP contribution in [0.2, 0.25) is 0 Å². The number of rotatable bonds is 8. The van der Waals surface area contributed by atoms with Crippen LogP contribution >= 0.6 is 23.1 Å². The van der Waals surface area contributed by atoms with Gasteiger partial charge in [0.2, 0.25) is 0 Å². The first-order valence-corrected chi connectivity index (χ1v) is 9.46. The van der Waals surface area contributed by atoms with Gasteiger partial charge in [0.05, 0.1) is 23.7 Å². The first-order chi connectivity index (χ1) is 13.1. The number of primary amides is 1. The summed E-state index contributed by atoms with van der Waals surface area (Å²) in [5.74, 6) is 0.747. The minimum Gasteiger partial charge on any atom is -0.497 e. The number of nitrogens with zero attached hydrogens (tertiary/aromatic N) is 3. The molecular formula is C17H18N4O4S2. The van der Waals surface area contributed by atoms with E-state index in [4.69, 9.17) is 19.9 Å². The van der Waals surface area contributed by atoms with E-state index in [1.54, 1.807) is 43.1 Å². The lowest BCUT2D eigenvalue weighted by Gasteiger charge is -2.07. The molecule has 0 radical (unpaired) electrons. The van der Waals surface area contributed by atoms with Gasteiger partial charge in [0.1, 0.15) is 24.1 Å². The van der Waals surface area contributed by atoms with Crippen molar-refractivity contribution in [1.82, 2.24) is 14.8 Å². The molecule has 142 valence electrons. The van der Waals surface area contributed by atoms with Crippen LogP contribution in [0.15, 0.2) is 45.9 Å². The standard InChI is InChI=1S/C17H18N4O4S2/c1-23-10-21-8-12(6-20-21)11-3-13(24-2)5-14(4-11)26-16-7-19-15(27-16)9-25-17(18)22/h3-8H,9-10H2,1-2H3,(H2,18,22). The molecule has 3 rings (SSSR count). The summed E-state index contributed by atoms with van der Waals surface area (Å²) >= 11 is 2.99. The van der Waals surface area contributed by atoms with Crippen LogP contribution in [-0.4, -0.2) is 35.1 Å². The number of methoxy groups -OCH3 is 2. The van der Waals surface area contributed by atoms with Gasteiger partial charge < -0.3 is 19.9 Å². The Kier molecular flexibility index (Phi) is 6.32. The molecule has 1 amide bonds. The molecule has 0 atom stereocenters. The molecular weight excluding hydrogens is 388 g/mol. The number of carbonyl (C=O) groups excluding carboxylic acids is 1. The molecule has 2 heterocycles. The van der Waals surface area contributed by atoms with Crippen molar-refractivity contribution in [2.45, 2.75) is 22.4 Å². The number of amides is 1. The monoisotopic (exact) mass is 406 g/mol. The summed E-state index contributed by atoms with van der Waals surface area (Å²) in [5.41, 5.74) is 6.93. The second kappa shape index (κ2) is 8.89. The third-order valence-corrected chi connectivity index (χ3v) is 5.48. The van der Waals surface area contributed by atoms with Gasteiger partial charge in [0.15, 0.2) is 0 Å². The molecule has 0 aliphatic rings. The highest BCUT2D eigenvalue weighted by Gasteiger charge is 2.10. The minimum atomic E-state index is -0.814. The average Bonchev–Trinajstić information content (AvgIpc) is 3.29. The van der Waals surface area contributed by atoms with Gasteiger partial charge in [-0.2, -0.15) is 5.10 Å². The van der Waals surface area contributed by atoms with Gasteiger partial charge in [-0.05, 0) is 23.8 Å². The second-order valence-corrected chi connectivity index (χ2v) is 7.86. The molecule has 0 aliphatic heterocycles. The number of ether oxygens (including phenoxy) is 3.